The van der Waals surface area contributed by atoms with Gasteiger partial charge in [0.05, 0.1) is 34.4 Å². The molecule has 9 nitrogen and oxygen atoms in total. The van der Waals surface area contributed by atoms with E-state index in [1.807, 2.05) is 21.1 Å². The van der Waals surface area contributed by atoms with Gasteiger partial charge in [0.1, 0.15) is 13.2 Å². The van der Waals surface area contributed by atoms with Gasteiger partial charge in [-0.1, -0.05) is 279 Å². The van der Waals surface area contributed by atoms with Gasteiger partial charge in [-0.2, -0.15) is 0 Å². The summed E-state index contributed by atoms with van der Waals surface area (Å²) in [5.41, 5.74) is 0. The van der Waals surface area contributed by atoms with Gasteiger partial charge in [-0.3, -0.25) is 9.59 Å². The number of quaternary nitrogens is 1. The number of allylic oxidation sites excluding steroid dienone is 12. The van der Waals surface area contributed by atoms with E-state index in [4.69, 9.17) is 18.9 Å². The third-order valence-corrected chi connectivity index (χ3v) is 14.4. The topological polar surface area (TPSA) is 108 Å². The van der Waals surface area contributed by atoms with Crippen molar-refractivity contribution in [3.05, 3.63) is 72.9 Å². The van der Waals surface area contributed by atoms with Crippen molar-refractivity contribution in [2.24, 2.45) is 0 Å². The summed E-state index contributed by atoms with van der Waals surface area (Å²) in [7, 11) is 5.95. The summed E-state index contributed by atoms with van der Waals surface area (Å²) in [6, 6.07) is 0. The Bertz CT molecular complexity index is 1520. The van der Waals surface area contributed by atoms with Crippen LogP contribution in [0.4, 0.5) is 0 Å². The minimum atomic E-state index is -1.53. The molecule has 0 amide bonds. The minimum absolute atomic E-state index is 0.175. The Balaban J connectivity index is 4.02. The molecule has 0 aliphatic rings. The molecule has 2 atom stereocenters. The van der Waals surface area contributed by atoms with Crippen LogP contribution < -0.4 is 0 Å². The molecule has 0 aliphatic carbocycles. The molecule has 0 aromatic rings. The Morgan fingerprint density at radius 1 is 0.392 bits per heavy atom. The summed E-state index contributed by atoms with van der Waals surface area (Å²) in [6.07, 6.45) is 77.6. The van der Waals surface area contributed by atoms with E-state index in [1.165, 1.54) is 205 Å². The van der Waals surface area contributed by atoms with Crippen LogP contribution in [0, 0.1) is 0 Å². The Morgan fingerprint density at radius 2 is 0.734 bits per heavy atom. The second kappa shape index (κ2) is 60.8. The third kappa shape index (κ3) is 62.2. The molecule has 0 heterocycles. The zero-order valence-corrected chi connectivity index (χ0v) is 52.3. The third-order valence-electron chi connectivity index (χ3n) is 14.4. The van der Waals surface area contributed by atoms with E-state index in [2.05, 4.69) is 86.8 Å². The van der Waals surface area contributed by atoms with E-state index >= 15 is 0 Å². The summed E-state index contributed by atoms with van der Waals surface area (Å²) >= 11 is 0. The lowest BCUT2D eigenvalue weighted by atomic mass is 10.0. The number of likely N-dealkylation sites (N-methyl/N-ethyl adjacent to an activating group) is 1. The van der Waals surface area contributed by atoms with Gasteiger partial charge >= 0.3 is 17.9 Å². The average molecular weight is 1110 g/mol. The van der Waals surface area contributed by atoms with Crippen molar-refractivity contribution >= 4 is 17.9 Å². The van der Waals surface area contributed by atoms with Crippen molar-refractivity contribution in [2.75, 3.05) is 47.5 Å². The van der Waals surface area contributed by atoms with Crippen LogP contribution in [-0.2, 0) is 33.3 Å². The van der Waals surface area contributed by atoms with Crippen LogP contribution >= 0.6 is 0 Å². The van der Waals surface area contributed by atoms with Gasteiger partial charge in [-0.15, -0.1) is 0 Å². The molecule has 0 saturated heterocycles. The normalized spacial score (nSPS) is 13.2. The van der Waals surface area contributed by atoms with Gasteiger partial charge in [0.25, 0.3) is 6.29 Å². The van der Waals surface area contributed by atoms with Crippen LogP contribution in [0.2, 0.25) is 0 Å². The second-order valence-corrected chi connectivity index (χ2v) is 23.4. The zero-order chi connectivity index (χ0) is 57.6. The molecule has 0 radical (unpaired) electrons. The number of aliphatic carboxylic acids is 1. The second-order valence-electron chi connectivity index (χ2n) is 23.4. The van der Waals surface area contributed by atoms with Gasteiger partial charge in [0.15, 0.2) is 6.10 Å². The van der Waals surface area contributed by atoms with Gasteiger partial charge < -0.3 is 28.5 Å². The highest BCUT2D eigenvalue weighted by molar-refractivity contribution is 5.71. The molecule has 1 N–H and O–H groups in total. The maximum atomic E-state index is 12.8. The van der Waals surface area contributed by atoms with Crippen LogP contribution in [0.5, 0.6) is 0 Å². The predicted molar refractivity (Wildman–Crippen MR) is 336 cm³/mol. The first kappa shape index (κ1) is 75.7. The summed E-state index contributed by atoms with van der Waals surface area (Å²) in [5.74, 6) is -2.08. The number of hydrogen-bond donors (Lipinski definition) is 1. The fourth-order valence-corrected chi connectivity index (χ4v) is 9.40. The Labute approximate surface area is 487 Å². The molecule has 0 spiro atoms. The molecule has 9 heteroatoms. The molecular weight excluding hydrogens is 983 g/mol. The SMILES string of the molecule is CC/C=C\C/C=C\C/C=C\C/C=C\C/C=C\CCCC(=O)OC(COC(=O)CCCCCCCCCCCCCCCCCCCCCCCCCCC/C=C\CCCCCCCCCC)COC(OCC[N+](C)(C)C)C(=O)O. The number of carboxylic acids is 1. The summed E-state index contributed by atoms with van der Waals surface area (Å²) in [4.78, 5) is 37.4. The van der Waals surface area contributed by atoms with Crippen LogP contribution in [0.3, 0.4) is 0 Å². The highest BCUT2D eigenvalue weighted by atomic mass is 16.7. The number of esters is 2. The molecular formula is C70H126NO8+. The molecule has 0 bridgehead atoms. The Kier molecular flexibility index (Phi) is 58.3. The quantitative estimate of drug-likeness (QED) is 0.0211. The van der Waals surface area contributed by atoms with Crippen molar-refractivity contribution < 1.29 is 42.9 Å². The smallest absolute Gasteiger partial charge is 0.361 e. The van der Waals surface area contributed by atoms with Crippen molar-refractivity contribution in [2.45, 2.75) is 309 Å². The van der Waals surface area contributed by atoms with Gasteiger partial charge in [0, 0.05) is 12.8 Å². The number of rotatable bonds is 61. The van der Waals surface area contributed by atoms with E-state index in [9.17, 15) is 19.5 Å². The maximum absolute atomic E-state index is 12.8. The number of carbonyl (C=O) groups excluding carboxylic acids is 2. The van der Waals surface area contributed by atoms with Gasteiger partial charge in [0.2, 0.25) is 0 Å². The Morgan fingerprint density at radius 3 is 1.13 bits per heavy atom. The molecule has 0 saturated carbocycles. The van der Waals surface area contributed by atoms with E-state index in [1.54, 1.807) is 0 Å². The monoisotopic (exact) mass is 1110 g/mol. The average Bonchev–Trinajstić information content (AvgIpc) is 3.42. The number of hydrogen-bond acceptors (Lipinski definition) is 7. The van der Waals surface area contributed by atoms with Crippen LogP contribution in [0.15, 0.2) is 72.9 Å². The van der Waals surface area contributed by atoms with E-state index in [0.29, 0.717) is 23.9 Å². The summed E-state index contributed by atoms with van der Waals surface area (Å²) in [5, 5.41) is 9.70. The number of ether oxygens (including phenoxy) is 4. The molecule has 0 aromatic heterocycles. The largest absolute Gasteiger partial charge is 0.477 e. The minimum Gasteiger partial charge on any atom is -0.477 e. The lowest BCUT2D eigenvalue weighted by molar-refractivity contribution is -0.870. The van der Waals surface area contributed by atoms with Gasteiger partial charge in [-0.25, -0.2) is 4.79 Å². The van der Waals surface area contributed by atoms with Crippen LogP contribution in [-0.4, -0.2) is 87.4 Å². The first-order chi connectivity index (χ1) is 38.6. The van der Waals surface area contributed by atoms with Crippen LogP contribution in [0.1, 0.15) is 296 Å². The molecule has 79 heavy (non-hydrogen) atoms. The fraction of sp³-hybridized carbons (Fsp3) is 0.786. The van der Waals surface area contributed by atoms with Crippen molar-refractivity contribution in [3.63, 3.8) is 0 Å². The van der Waals surface area contributed by atoms with Crippen molar-refractivity contribution in [3.8, 4) is 0 Å². The van der Waals surface area contributed by atoms with Crippen LogP contribution in [0.25, 0.3) is 0 Å². The number of carbonyl (C=O) groups is 3. The lowest BCUT2D eigenvalue weighted by Crippen LogP contribution is -2.40. The number of nitrogens with zero attached hydrogens (tertiary/aromatic N) is 1. The first-order valence-electron chi connectivity index (χ1n) is 33.1. The van der Waals surface area contributed by atoms with E-state index in [-0.39, 0.29) is 32.2 Å². The molecule has 0 fully saturated rings. The molecule has 0 aromatic carbocycles. The zero-order valence-electron chi connectivity index (χ0n) is 52.3. The van der Waals surface area contributed by atoms with Gasteiger partial charge in [-0.05, 0) is 77.0 Å². The predicted octanol–water partition coefficient (Wildman–Crippen LogP) is 20.1. The molecule has 0 rings (SSSR count). The highest BCUT2D eigenvalue weighted by Gasteiger charge is 2.25. The van der Waals surface area contributed by atoms with E-state index in [0.717, 1.165) is 57.8 Å². The first-order valence-corrected chi connectivity index (χ1v) is 33.1. The van der Waals surface area contributed by atoms with Crippen molar-refractivity contribution in [1.82, 2.24) is 0 Å². The summed E-state index contributed by atoms with van der Waals surface area (Å²) < 4.78 is 22.8. The Hall–Kier alpha value is -3.27. The summed E-state index contributed by atoms with van der Waals surface area (Å²) in [6.45, 7) is 4.72. The lowest BCUT2D eigenvalue weighted by Gasteiger charge is -2.25. The number of unbranched alkanes of at least 4 members (excludes halogenated alkanes) is 34. The molecule has 2 unspecified atom stereocenters. The standard InChI is InChI=1S/C70H125NO8/c1-6-8-10-12-14-16-18-20-22-24-25-26-27-28-29-30-31-32-33-34-35-36-37-38-39-40-41-42-43-45-46-48-50-52-54-56-58-60-67(72)77-64-66(65-78-70(69(74)75)76-63-62-71(3,4)5)79-68(73)61-59-57-55-53-51-49-47-44-23-21-19-17-15-13-11-9-7-2/h9,11,15,17,21,23-25,47,49,53,55,66,70H,6-8,10,12-14,16,18-20,22,26-46,48,50-52,54,56-65H2,1-5H3/p+1/b11-9-,17-15-,23-21-,25-24-,49-47-,55-53-. The molecule has 0 aliphatic heterocycles. The van der Waals surface area contributed by atoms with E-state index < -0.39 is 24.3 Å². The highest BCUT2D eigenvalue weighted by Crippen LogP contribution is 2.18. The molecule has 458 valence electrons. The maximum Gasteiger partial charge on any atom is 0.361 e. The fourth-order valence-electron chi connectivity index (χ4n) is 9.40. The van der Waals surface area contributed by atoms with Crippen molar-refractivity contribution in [1.29, 1.82) is 0 Å². The number of carboxylic acid groups (broad SMARTS) is 1.